The summed E-state index contributed by atoms with van der Waals surface area (Å²) < 4.78 is 5.75. The van der Waals surface area contributed by atoms with Crippen molar-refractivity contribution >= 4 is 5.97 Å². The molecule has 0 bridgehead atoms. The summed E-state index contributed by atoms with van der Waals surface area (Å²) in [4.78, 5) is 19.8. The van der Waals surface area contributed by atoms with Crippen LogP contribution in [-0.4, -0.2) is 27.7 Å². The van der Waals surface area contributed by atoms with Gasteiger partial charge >= 0.3 is 5.97 Å². The van der Waals surface area contributed by atoms with Crippen LogP contribution in [0, 0.1) is 0 Å². The second-order valence-corrected chi connectivity index (χ2v) is 5.07. The van der Waals surface area contributed by atoms with Gasteiger partial charge in [-0.3, -0.25) is 0 Å². The fourth-order valence-corrected chi connectivity index (χ4v) is 2.57. The molecule has 0 saturated carbocycles. The molecule has 2 aromatic rings. The zero-order valence-corrected chi connectivity index (χ0v) is 11.7. The lowest BCUT2D eigenvalue weighted by atomic mass is 9.96. The third-order valence-electron chi connectivity index (χ3n) is 3.70. The number of para-hydroxylation sites is 1. The maximum atomic E-state index is 11.1. The van der Waals surface area contributed by atoms with Gasteiger partial charge in [0.05, 0.1) is 23.8 Å². The third-order valence-corrected chi connectivity index (χ3v) is 3.70. The maximum Gasteiger partial charge on any atom is 0.339 e. The first kappa shape index (κ1) is 13.5. The zero-order valence-electron chi connectivity index (χ0n) is 11.7. The number of aromatic carboxylic acids is 1. The van der Waals surface area contributed by atoms with Crippen molar-refractivity contribution in [2.24, 2.45) is 0 Å². The van der Waals surface area contributed by atoms with Gasteiger partial charge in [0, 0.05) is 6.20 Å². The molecule has 0 fully saturated rings. The number of aromatic nitrogens is 2. The number of carboxylic acid groups (broad SMARTS) is 1. The van der Waals surface area contributed by atoms with Gasteiger partial charge < -0.3 is 9.84 Å². The van der Waals surface area contributed by atoms with E-state index in [4.69, 9.17) is 9.84 Å². The topological polar surface area (TPSA) is 72.3 Å². The van der Waals surface area contributed by atoms with Crippen LogP contribution >= 0.6 is 0 Å². The van der Waals surface area contributed by atoms with Crippen molar-refractivity contribution in [3.05, 3.63) is 53.1 Å². The molecule has 2 heterocycles. The summed E-state index contributed by atoms with van der Waals surface area (Å²) in [5.41, 5.74) is 1.89. The fraction of sp³-hybridized carbons (Fsp3) is 0.312. The lowest BCUT2D eigenvalue weighted by Gasteiger charge is -2.24. The molecule has 1 unspecified atom stereocenters. The highest BCUT2D eigenvalue weighted by Crippen LogP contribution is 2.30. The summed E-state index contributed by atoms with van der Waals surface area (Å²) in [5, 5.41) is 9.12. The highest BCUT2D eigenvalue weighted by Gasteiger charge is 2.24. The molecule has 1 aliphatic heterocycles. The lowest BCUT2D eigenvalue weighted by molar-refractivity contribution is 0.0694. The van der Waals surface area contributed by atoms with Crippen molar-refractivity contribution in [3.63, 3.8) is 0 Å². The molecule has 0 radical (unpaired) electrons. The standard InChI is InChI=1S/C16H16N2O3/c1-2-13-12(16(19)20)8-17-15(18-13)11-7-10-5-3-4-6-14(10)21-9-11/h3-6,8,11H,2,7,9H2,1H3,(H,19,20). The van der Waals surface area contributed by atoms with E-state index in [0.29, 0.717) is 24.5 Å². The quantitative estimate of drug-likeness (QED) is 0.937. The molecule has 21 heavy (non-hydrogen) atoms. The van der Waals surface area contributed by atoms with Crippen LogP contribution in [-0.2, 0) is 12.8 Å². The van der Waals surface area contributed by atoms with E-state index >= 15 is 0 Å². The maximum absolute atomic E-state index is 11.1. The van der Waals surface area contributed by atoms with Gasteiger partial charge in [0.25, 0.3) is 0 Å². The van der Waals surface area contributed by atoms with Crippen molar-refractivity contribution in [1.29, 1.82) is 0 Å². The Morgan fingerprint density at radius 3 is 3.00 bits per heavy atom. The van der Waals surface area contributed by atoms with Crippen LogP contribution in [0.2, 0.25) is 0 Å². The van der Waals surface area contributed by atoms with Gasteiger partial charge in [0.15, 0.2) is 0 Å². The van der Waals surface area contributed by atoms with Crippen molar-refractivity contribution in [2.45, 2.75) is 25.7 Å². The summed E-state index contributed by atoms with van der Waals surface area (Å²) in [6.07, 6.45) is 2.79. The Balaban J connectivity index is 1.90. The van der Waals surface area contributed by atoms with Crippen molar-refractivity contribution in [1.82, 2.24) is 9.97 Å². The second kappa shape index (κ2) is 5.52. The Labute approximate surface area is 122 Å². The van der Waals surface area contributed by atoms with E-state index in [9.17, 15) is 4.79 Å². The normalized spacial score (nSPS) is 16.9. The molecule has 3 rings (SSSR count). The zero-order chi connectivity index (χ0) is 14.8. The van der Waals surface area contributed by atoms with E-state index in [2.05, 4.69) is 9.97 Å². The van der Waals surface area contributed by atoms with Crippen LogP contribution in [0.15, 0.2) is 30.5 Å². The first-order chi connectivity index (χ1) is 10.2. The number of aryl methyl sites for hydroxylation is 1. The minimum atomic E-state index is -0.983. The molecule has 1 aliphatic rings. The van der Waals surface area contributed by atoms with Gasteiger partial charge in [-0.1, -0.05) is 25.1 Å². The number of ether oxygens (including phenoxy) is 1. The minimum Gasteiger partial charge on any atom is -0.493 e. The number of hydrogen-bond acceptors (Lipinski definition) is 4. The Bertz CT molecular complexity index is 685. The SMILES string of the molecule is CCc1nc(C2COc3ccccc3C2)ncc1C(=O)O. The first-order valence-electron chi connectivity index (χ1n) is 6.98. The van der Waals surface area contributed by atoms with E-state index in [1.165, 1.54) is 6.20 Å². The summed E-state index contributed by atoms with van der Waals surface area (Å²) in [7, 11) is 0. The summed E-state index contributed by atoms with van der Waals surface area (Å²) >= 11 is 0. The van der Waals surface area contributed by atoms with E-state index in [0.717, 1.165) is 17.7 Å². The smallest absolute Gasteiger partial charge is 0.339 e. The minimum absolute atomic E-state index is 0.0630. The average molecular weight is 284 g/mol. The van der Waals surface area contributed by atoms with Gasteiger partial charge in [-0.15, -0.1) is 0 Å². The molecule has 1 atom stereocenters. The van der Waals surface area contributed by atoms with Crippen LogP contribution in [0.25, 0.3) is 0 Å². The Morgan fingerprint density at radius 1 is 1.43 bits per heavy atom. The van der Waals surface area contributed by atoms with Gasteiger partial charge in [-0.05, 0) is 24.5 Å². The molecule has 5 heteroatoms. The number of carbonyl (C=O) groups is 1. The molecule has 0 saturated heterocycles. The van der Waals surface area contributed by atoms with E-state index in [-0.39, 0.29) is 11.5 Å². The Morgan fingerprint density at radius 2 is 2.24 bits per heavy atom. The second-order valence-electron chi connectivity index (χ2n) is 5.07. The van der Waals surface area contributed by atoms with Crippen LogP contribution in [0.1, 0.15) is 40.3 Å². The van der Waals surface area contributed by atoms with Crippen molar-refractivity contribution in [3.8, 4) is 5.75 Å². The molecule has 108 valence electrons. The molecular weight excluding hydrogens is 268 g/mol. The van der Waals surface area contributed by atoms with Crippen LogP contribution in [0.5, 0.6) is 5.75 Å². The molecule has 0 spiro atoms. The summed E-state index contributed by atoms with van der Waals surface area (Å²) in [5.74, 6) is 0.648. The Hall–Kier alpha value is -2.43. The van der Waals surface area contributed by atoms with Gasteiger partial charge in [-0.25, -0.2) is 14.8 Å². The van der Waals surface area contributed by atoms with Gasteiger partial charge in [0.1, 0.15) is 11.6 Å². The van der Waals surface area contributed by atoms with Crippen LogP contribution in [0.3, 0.4) is 0 Å². The van der Waals surface area contributed by atoms with Crippen LogP contribution < -0.4 is 4.74 Å². The highest BCUT2D eigenvalue weighted by molar-refractivity contribution is 5.88. The molecule has 0 aliphatic carbocycles. The van der Waals surface area contributed by atoms with E-state index in [1.54, 1.807) is 0 Å². The van der Waals surface area contributed by atoms with E-state index < -0.39 is 5.97 Å². The molecule has 1 N–H and O–H groups in total. The third kappa shape index (κ3) is 2.59. The predicted molar refractivity (Wildman–Crippen MR) is 76.8 cm³/mol. The van der Waals surface area contributed by atoms with Gasteiger partial charge in [-0.2, -0.15) is 0 Å². The molecule has 1 aromatic carbocycles. The number of nitrogens with zero attached hydrogens (tertiary/aromatic N) is 2. The summed E-state index contributed by atoms with van der Waals surface area (Å²) in [6.45, 7) is 2.41. The number of rotatable bonds is 3. The van der Waals surface area contributed by atoms with E-state index in [1.807, 2.05) is 31.2 Å². The monoisotopic (exact) mass is 284 g/mol. The molecule has 1 aromatic heterocycles. The molecular formula is C16H16N2O3. The van der Waals surface area contributed by atoms with Crippen molar-refractivity contribution < 1.29 is 14.6 Å². The average Bonchev–Trinajstić information content (AvgIpc) is 2.53. The van der Waals surface area contributed by atoms with Gasteiger partial charge in [0.2, 0.25) is 0 Å². The largest absolute Gasteiger partial charge is 0.493 e. The fourth-order valence-electron chi connectivity index (χ4n) is 2.57. The highest BCUT2D eigenvalue weighted by atomic mass is 16.5. The molecule has 0 amide bonds. The summed E-state index contributed by atoms with van der Waals surface area (Å²) in [6, 6.07) is 7.92. The number of benzene rings is 1. The van der Waals surface area contributed by atoms with Crippen LogP contribution in [0.4, 0.5) is 0 Å². The lowest BCUT2D eigenvalue weighted by Crippen LogP contribution is -2.22. The number of carboxylic acids is 1. The Kier molecular flexibility index (Phi) is 3.56. The first-order valence-corrected chi connectivity index (χ1v) is 6.98. The van der Waals surface area contributed by atoms with Crippen molar-refractivity contribution in [2.75, 3.05) is 6.61 Å². The number of hydrogen-bond donors (Lipinski definition) is 1. The molecule has 5 nitrogen and oxygen atoms in total. The predicted octanol–water partition coefficient (Wildman–Crippen LogP) is 2.46. The number of fused-ring (bicyclic) bond motifs is 1.